The van der Waals surface area contributed by atoms with Gasteiger partial charge in [0.15, 0.2) is 6.10 Å². The van der Waals surface area contributed by atoms with Crippen molar-refractivity contribution in [3.8, 4) is 0 Å². The summed E-state index contributed by atoms with van der Waals surface area (Å²) < 4.78 is 10.3. The average Bonchev–Trinajstić information content (AvgIpc) is 3.22. The molecular weight excluding hydrogens is 406 g/mol. The van der Waals surface area contributed by atoms with Crippen LogP contribution in [0.25, 0.3) is 0 Å². The van der Waals surface area contributed by atoms with Crippen LogP contribution in [0.5, 0.6) is 0 Å². The number of unbranched alkanes of at least 4 members (excludes halogenated alkanes) is 15. The Morgan fingerprint density at radius 1 is 0.844 bits per heavy atom. The predicted octanol–water partition coefficient (Wildman–Crippen LogP) is 6.00. The van der Waals surface area contributed by atoms with Gasteiger partial charge in [0.25, 0.3) is 0 Å². The van der Waals surface area contributed by atoms with Gasteiger partial charge in [0, 0.05) is 6.42 Å². The highest BCUT2D eigenvalue weighted by molar-refractivity contribution is 5.89. The van der Waals surface area contributed by atoms with Crippen LogP contribution < -0.4 is 5.32 Å². The van der Waals surface area contributed by atoms with Crippen molar-refractivity contribution in [1.29, 1.82) is 0 Å². The Hall–Kier alpha value is -1.59. The number of amides is 1. The number of carbonyl (C=O) groups is 3. The molecule has 0 aromatic rings. The fraction of sp³-hybridized carbons (Fsp3) is 0.885. The third-order valence-electron chi connectivity index (χ3n) is 6.15. The molecule has 2 atom stereocenters. The molecule has 1 saturated heterocycles. The van der Waals surface area contributed by atoms with E-state index >= 15 is 0 Å². The van der Waals surface area contributed by atoms with Crippen molar-refractivity contribution in [2.75, 3.05) is 6.61 Å². The number of ether oxygens (including phenoxy) is 2. The molecule has 1 N–H and O–H groups in total. The standard InChI is InChI=1S/C26H47NO5/c1-3-4-5-6-7-8-9-10-11-12-13-14-15-16-17-18-21-31-25(29)22(2)32-26(30)23-19-20-24(28)27-23/h22-23H,3-21H2,1-2H3,(H,27,28)/t22?,23-/m0/s1. The molecule has 0 saturated carbocycles. The van der Waals surface area contributed by atoms with Crippen LogP contribution in [-0.2, 0) is 23.9 Å². The predicted molar refractivity (Wildman–Crippen MR) is 127 cm³/mol. The fourth-order valence-electron chi connectivity index (χ4n) is 4.04. The SMILES string of the molecule is CCCCCCCCCCCCCCCCCCOC(=O)C(C)OC(=O)[C@@H]1CCC(=O)N1. The zero-order valence-corrected chi connectivity index (χ0v) is 20.6. The Bertz CT molecular complexity index is 522. The minimum absolute atomic E-state index is 0.161. The first-order valence-corrected chi connectivity index (χ1v) is 13.2. The number of nitrogens with one attached hydrogen (secondary N) is 1. The lowest BCUT2D eigenvalue weighted by Crippen LogP contribution is -2.38. The number of hydrogen-bond donors (Lipinski definition) is 1. The molecule has 186 valence electrons. The lowest BCUT2D eigenvalue weighted by Gasteiger charge is -2.15. The van der Waals surface area contributed by atoms with Gasteiger partial charge in [-0.3, -0.25) is 4.79 Å². The molecule has 0 aliphatic carbocycles. The highest BCUT2D eigenvalue weighted by atomic mass is 16.6. The van der Waals surface area contributed by atoms with Gasteiger partial charge in [-0.1, -0.05) is 103 Å². The van der Waals surface area contributed by atoms with E-state index in [1.807, 2.05) is 0 Å². The molecule has 1 fully saturated rings. The highest BCUT2D eigenvalue weighted by Crippen LogP contribution is 2.14. The van der Waals surface area contributed by atoms with Gasteiger partial charge in [0.1, 0.15) is 6.04 Å². The summed E-state index contributed by atoms with van der Waals surface area (Å²) in [6, 6.07) is -0.641. The maximum absolute atomic E-state index is 11.9. The molecule has 1 amide bonds. The first-order chi connectivity index (χ1) is 15.5. The number of rotatable bonds is 20. The van der Waals surface area contributed by atoms with Gasteiger partial charge in [0.05, 0.1) is 6.61 Å². The van der Waals surface area contributed by atoms with Crippen molar-refractivity contribution < 1.29 is 23.9 Å². The van der Waals surface area contributed by atoms with Gasteiger partial charge in [-0.2, -0.15) is 0 Å². The summed E-state index contributed by atoms with van der Waals surface area (Å²) in [5.74, 6) is -1.25. The molecule has 1 heterocycles. The minimum atomic E-state index is -0.943. The van der Waals surface area contributed by atoms with Crippen LogP contribution in [0.1, 0.15) is 129 Å². The van der Waals surface area contributed by atoms with Crippen LogP contribution in [0.15, 0.2) is 0 Å². The lowest BCUT2D eigenvalue weighted by atomic mass is 10.0. The first-order valence-electron chi connectivity index (χ1n) is 13.2. The zero-order valence-electron chi connectivity index (χ0n) is 20.6. The number of esters is 2. The van der Waals surface area contributed by atoms with Gasteiger partial charge in [-0.15, -0.1) is 0 Å². The van der Waals surface area contributed by atoms with Crippen LogP contribution in [0, 0.1) is 0 Å². The quantitative estimate of drug-likeness (QED) is 0.180. The topological polar surface area (TPSA) is 81.7 Å². The van der Waals surface area contributed by atoms with E-state index in [9.17, 15) is 14.4 Å². The second kappa shape index (κ2) is 18.9. The van der Waals surface area contributed by atoms with Crippen LogP contribution in [0.2, 0.25) is 0 Å². The first kappa shape index (κ1) is 28.4. The van der Waals surface area contributed by atoms with E-state index in [0.717, 1.165) is 12.8 Å². The van der Waals surface area contributed by atoms with Gasteiger partial charge >= 0.3 is 11.9 Å². The Morgan fingerprint density at radius 2 is 1.31 bits per heavy atom. The summed E-state index contributed by atoms with van der Waals surface area (Å²) in [6.07, 6.45) is 20.6. The lowest BCUT2D eigenvalue weighted by molar-refractivity contribution is -0.167. The van der Waals surface area contributed by atoms with Crippen molar-refractivity contribution in [2.24, 2.45) is 0 Å². The maximum Gasteiger partial charge on any atom is 0.347 e. The second-order valence-corrected chi connectivity index (χ2v) is 9.21. The molecule has 6 nitrogen and oxygen atoms in total. The van der Waals surface area contributed by atoms with Crippen LogP contribution in [0.3, 0.4) is 0 Å². The molecule has 1 aliphatic rings. The summed E-state index contributed by atoms with van der Waals surface area (Å²) in [6.45, 7) is 4.13. The summed E-state index contributed by atoms with van der Waals surface area (Å²) in [5.41, 5.74) is 0. The molecule has 1 aliphatic heterocycles. The molecule has 32 heavy (non-hydrogen) atoms. The zero-order chi connectivity index (χ0) is 23.4. The normalized spacial score (nSPS) is 16.6. The van der Waals surface area contributed by atoms with Gasteiger partial charge in [-0.05, 0) is 19.8 Å². The van der Waals surface area contributed by atoms with Crippen LogP contribution in [-0.4, -0.2) is 36.6 Å². The number of carbonyl (C=O) groups excluding carboxylic acids is 3. The molecule has 0 radical (unpaired) electrons. The average molecular weight is 454 g/mol. The minimum Gasteiger partial charge on any atom is -0.463 e. The maximum atomic E-state index is 11.9. The summed E-state index contributed by atoms with van der Waals surface area (Å²) in [4.78, 5) is 35.0. The fourth-order valence-corrected chi connectivity index (χ4v) is 4.04. The Morgan fingerprint density at radius 3 is 1.75 bits per heavy atom. The Kier molecular flexibility index (Phi) is 16.8. The molecule has 0 aromatic heterocycles. The molecule has 0 aromatic carbocycles. The van der Waals surface area contributed by atoms with E-state index in [4.69, 9.17) is 9.47 Å². The molecular formula is C26H47NO5. The smallest absolute Gasteiger partial charge is 0.347 e. The molecule has 6 heteroatoms. The summed E-state index contributed by atoms with van der Waals surface area (Å²) in [5, 5.41) is 2.54. The van der Waals surface area contributed by atoms with E-state index in [2.05, 4.69) is 12.2 Å². The van der Waals surface area contributed by atoms with E-state index in [0.29, 0.717) is 19.4 Å². The molecule has 1 rings (SSSR count). The van der Waals surface area contributed by atoms with Crippen molar-refractivity contribution in [3.05, 3.63) is 0 Å². The largest absolute Gasteiger partial charge is 0.463 e. The van der Waals surface area contributed by atoms with Crippen LogP contribution >= 0.6 is 0 Å². The van der Waals surface area contributed by atoms with Crippen molar-refractivity contribution >= 4 is 17.8 Å². The van der Waals surface area contributed by atoms with E-state index in [1.54, 1.807) is 0 Å². The van der Waals surface area contributed by atoms with E-state index in [-0.39, 0.29) is 5.91 Å². The number of hydrogen-bond acceptors (Lipinski definition) is 5. The van der Waals surface area contributed by atoms with E-state index < -0.39 is 24.1 Å². The van der Waals surface area contributed by atoms with Crippen molar-refractivity contribution in [2.45, 2.75) is 142 Å². The van der Waals surface area contributed by atoms with Gasteiger partial charge in [0.2, 0.25) is 5.91 Å². The monoisotopic (exact) mass is 453 g/mol. The molecule has 1 unspecified atom stereocenters. The Labute approximate surface area is 195 Å². The van der Waals surface area contributed by atoms with Gasteiger partial charge < -0.3 is 14.8 Å². The Balaban J connectivity index is 1.83. The van der Waals surface area contributed by atoms with Crippen molar-refractivity contribution in [3.63, 3.8) is 0 Å². The van der Waals surface area contributed by atoms with E-state index in [1.165, 1.54) is 96.8 Å². The second-order valence-electron chi connectivity index (χ2n) is 9.21. The third kappa shape index (κ3) is 14.5. The molecule has 0 spiro atoms. The summed E-state index contributed by atoms with van der Waals surface area (Å²) >= 11 is 0. The third-order valence-corrected chi connectivity index (χ3v) is 6.15. The van der Waals surface area contributed by atoms with Gasteiger partial charge in [-0.25, -0.2) is 9.59 Å². The van der Waals surface area contributed by atoms with Crippen molar-refractivity contribution in [1.82, 2.24) is 5.32 Å². The summed E-state index contributed by atoms with van der Waals surface area (Å²) in [7, 11) is 0. The highest BCUT2D eigenvalue weighted by Gasteiger charge is 2.31. The molecule has 0 bridgehead atoms. The van der Waals surface area contributed by atoms with Crippen LogP contribution in [0.4, 0.5) is 0 Å².